The van der Waals surface area contributed by atoms with Crippen molar-refractivity contribution in [2.45, 2.75) is 20.3 Å². The molecule has 0 saturated carbocycles. The van der Waals surface area contributed by atoms with Crippen molar-refractivity contribution in [2.75, 3.05) is 23.4 Å². The third-order valence-corrected chi connectivity index (χ3v) is 4.92. The summed E-state index contributed by atoms with van der Waals surface area (Å²) in [6, 6.07) is 12.6. The van der Waals surface area contributed by atoms with Gasteiger partial charge < -0.3 is 15.0 Å². The van der Waals surface area contributed by atoms with Crippen LogP contribution < -0.4 is 10.2 Å². The van der Waals surface area contributed by atoms with Crippen LogP contribution in [0.15, 0.2) is 42.5 Å². The number of carbonyl (C=O) groups excluding carboxylic acids is 3. The Labute approximate surface area is 168 Å². The summed E-state index contributed by atoms with van der Waals surface area (Å²) in [6.45, 7) is 3.72. The van der Waals surface area contributed by atoms with Crippen LogP contribution in [-0.4, -0.2) is 30.9 Å². The largest absolute Gasteiger partial charge is 0.455 e. The first-order chi connectivity index (χ1) is 13.3. The van der Waals surface area contributed by atoms with Crippen LogP contribution in [-0.2, 0) is 19.1 Å². The fourth-order valence-corrected chi connectivity index (χ4v) is 3.39. The molecule has 7 heteroatoms. The van der Waals surface area contributed by atoms with Crippen LogP contribution >= 0.6 is 11.6 Å². The molecule has 0 aliphatic carbocycles. The lowest BCUT2D eigenvalue weighted by molar-refractivity contribution is -0.151. The van der Waals surface area contributed by atoms with Gasteiger partial charge in [-0.1, -0.05) is 41.4 Å². The number of nitrogens with one attached hydrogen (secondary N) is 1. The van der Waals surface area contributed by atoms with Gasteiger partial charge in [0.2, 0.25) is 5.91 Å². The number of anilines is 2. The van der Waals surface area contributed by atoms with E-state index in [0.717, 1.165) is 16.8 Å². The van der Waals surface area contributed by atoms with Crippen LogP contribution in [0.4, 0.5) is 11.4 Å². The Morgan fingerprint density at radius 3 is 2.68 bits per heavy atom. The van der Waals surface area contributed by atoms with Gasteiger partial charge in [-0.3, -0.25) is 14.4 Å². The summed E-state index contributed by atoms with van der Waals surface area (Å²) in [5.74, 6) is -1.78. The SMILES string of the molecule is Cc1ccc(N2C[C@H](C(=O)OCC(=O)Nc3ccccc3Cl)CC2=O)c(C)c1. The molecule has 3 rings (SSSR count). The predicted molar refractivity (Wildman–Crippen MR) is 107 cm³/mol. The lowest BCUT2D eigenvalue weighted by atomic mass is 10.1. The zero-order chi connectivity index (χ0) is 20.3. The van der Waals surface area contributed by atoms with Gasteiger partial charge in [0.15, 0.2) is 6.61 Å². The number of hydrogen-bond donors (Lipinski definition) is 1. The number of rotatable bonds is 5. The van der Waals surface area contributed by atoms with Crippen LogP contribution in [0.25, 0.3) is 0 Å². The summed E-state index contributed by atoms with van der Waals surface area (Å²) in [7, 11) is 0. The van der Waals surface area contributed by atoms with Crippen molar-refractivity contribution in [3.8, 4) is 0 Å². The Morgan fingerprint density at radius 2 is 1.96 bits per heavy atom. The molecule has 0 radical (unpaired) electrons. The summed E-state index contributed by atoms with van der Waals surface area (Å²) in [6.07, 6.45) is 0.0677. The van der Waals surface area contributed by atoms with Gasteiger partial charge in [0.05, 0.1) is 16.6 Å². The van der Waals surface area contributed by atoms with Crippen molar-refractivity contribution in [1.82, 2.24) is 0 Å². The Bertz CT molecular complexity index is 928. The van der Waals surface area contributed by atoms with Gasteiger partial charge in [-0.2, -0.15) is 0 Å². The van der Waals surface area contributed by atoms with Crippen LogP contribution in [0.3, 0.4) is 0 Å². The van der Waals surface area contributed by atoms with E-state index in [9.17, 15) is 14.4 Å². The van der Waals surface area contributed by atoms with Crippen molar-refractivity contribution in [3.63, 3.8) is 0 Å². The minimum absolute atomic E-state index is 0.0677. The molecule has 146 valence electrons. The number of benzene rings is 2. The smallest absolute Gasteiger partial charge is 0.311 e. The molecule has 1 N–H and O–H groups in total. The van der Waals surface area contributed by atoms with E-state index in [0.29, 0.717) is 10.7 Å². The number of para-hydroxylation sites is 1. The molecule has 28 heavy (non-hydrogen) atoms. The number of carbonyl (C=O) groups is 3. The van der Waals surface area contributed by atoms with Crippen molar-refractivity contribution < 1.29 is 19.1 Å². The maximum Gasteiger partial charge on any atom is 0.311 e. The summed E-state index contributed by atoms with van der Waals surface area (Å²) < 4.78 is 5.11. The minimum Gasteiger partial charge on any atom is -0.455 e. The van der Waals surface area contributed by atoms with Crippen LogP contribution in [0.1, 0.15) is 17.5 Å². The fraction of sp³-hybridized carbons (Fsp3) is 0.286. The molecule has 0 spiro atoms. The molecule has 2 aromatic rings. The highest BCUT2D eigenvalue weighted by molar-refractivity contribution is 6.33. The van der Waals surface area contributed by atoms with Gasteiger partial charge in [0, 0.05) is 18.7 Å². The zero-order valence-electron chi connectivity index (χ0n) is 15.7. The molecule has 1 saturated heterocycles. The monoisotopic (exact) mass is 400 g/mol. The average Bonchev–Trinajstić information content (AvgIpc) is 3.03. The van der Waals surface area contributed by atoms with E-state index < -0.39 is 24.4 Å². The molecular formula is C21H21ClN2O4. The summed E-state index contributed by atoms with van der Waals surface area (Å²) in [5, 5.41) is 2.98. The molecule has 0 aromatic heterocycles. The van der Waals surface area contributed by atoms with E-state index in [2.05, 4.69) is 5.32 Å². The average molecular weight is 401 g/mol. The molecular weight excluding hydrogens is 380 g/mol. The van der Waals surface area contributed by atoms with Gasteiger partial charge in [-0.25, -0.2) is 0 Å². The number of hydrogen-bond acceptors (Lipinski definition) is 4. The van der Waals surface area contributed by atoms with E-state index in [1.54, 1.807) is 29.2 Å². The van der Waals surface area contributed by atoms with Crippen LogP contribution in [0.5, 0.6) is 0 Å². The Morgan fingerprint density at radius 1 is 1.21 bits per heavy atom. The summed E-state index contributed by atoms with van der Waals surface area (Å²) >= 11 is 5.98. The van der Waals surface area contributed by atoms with E-state index in [4.69, 9.17) is 16.3 Å². The number of esters is 1. The third kappa shape index (κ3) is 4.51. The molecule has 1 heterocycles. The van der Waals surface area contributed by atoms with Gasteiger partial charge in [-0.05, 0) is 37.6 Å². The highest BCUT2D eigenvalue weighted by atomic mass is 35.5. The number of aryl methyl sites for hydroxylation is 2. The Kier molecular flexibility index (Phi) is 5.99. The summed E-state index contributed by atoms with van der Waals surface area (Å²) in [4.78, 5) is 38.3. The maximum absolute atomic E-state index is 12.4. The van der Waals surface area contributed by atoms with Crippen LogP contribution in [0, 0.1) is 19.8 Å². The zero-order valence-corrected chi connectivity index (χ0v) is 16.5. The number of ether oxygens (including phenoxy) is 1. The third-order valence-electron chi connectivity index (χ3n) is 4.59. The van der Waals surface area contributed by atoms with Gasteiger partial charge in [-0.15, -0.1) is 0 Å². The first kappa shape index (κ1) is 19.9. The molecule has 1 aliphatic heterocycles. The van der Waals surface area contributed by atoms with E-state index in [1.165, 1.54) is 0 Å². The first-order valence-corrected chi connectivity index (χ1v) is 9.31. The normalized spacial score (nSPS) is 16.2. The number of halogens is 1. The van der Waals surface area contributed by atoms with Crippen molar-refractivity contribution >= 4 is 40.8 Å². The second-order valence-electron chi connectivity index (χ2n) is 6.83. The predicted octanol–water partition coefficient (Wildman–Crippen LogP) is 3.49. The Hall–Kier alpha value is -2.86. The highest BCUT2D eigenvalue weighted by Gasteiger charge is 2.36. The molecule has 2 amide bonds. The molecule has 1 aliphatic rings. The summed E-state index contributed by atoms with van der Waals surface area (Å²) in [5.41, 5.74) is 3.32. The molecule has 0 unspecified atom stereocenters. The quantitative estimate of drug-likeness (QED) is 0.779. The Balaban J connectivity index is 1.56. The molecule has 6 nitrogen and oxygen atoms in total. The van der Waals surface area contributed by atoms with Crippen molar-refractivity contribution in [3.05, 3.63) is 58.6 Å². The molecule has 1 fully saturated rings. The maximum atomic E-state index is 12.4. The first-order valence-electron chi connectivity index (χ1n) is 8.94. The van der Waals surface area contributed by atoms with E-state index >= 15 is 0 Å². The standard InChI is InChI=1S/C21H21ClN2O4/c1-13-7-8-18(14(2)9-13)24-11-15(10-20(24)26)21(27)28-12-19(25)23-17-6-4-3-5-16(17)22/h3-9,15H,10-12H2,1-2H3,(H,23,25)/t15-/m1/s1. The van der Waals surface area contributed by atoms with Gasteiger partial charge >= 0.3 is 5.97 Å². The topological polar surface area (TPSA) is 75.7 Å². The van der Waals surface area contributed by atoms with Crippen LogP contribution in [0.2, 0.25) is 5.02 Å². The lowest BCUT2D eigenvalue weighted by Gasteiger charge is -2.19. The van der Waals surface area contributed by atoms with E-state index in [-0.39, 0.29) is 18.9 Å². The highest BCUT2D eigenvalue weighted by Crippen LogP contribution is 2.29. The van der Waals surface area contributed by atoms with Crippen molar-refractivity contribution in [1.29, 1.82) is 0 Å². The lowest BCUT2D eigenvalue weighted by Crippen LogP contribution is -2.28. The second kappa shape index (κ2) is 8.44. The second-order valence-corrected chi connectivity index (χ2v) is 7.24. The van der Waals surface area contributed by atoms with Gasteiger partial charge in [0.1, 0.15) is 0 Å². The number of nitrogens with zero attached hydrogens (tertiary/aromatic N) is 1. The number of amides is 2. The molecule has 2 aromatic carbocycles. The van der Waals surface area contributed by atoms with E-state index in [1.807, 2.05) is 32.0 Å². The van der Waals surface area contributed by atoms with Crippen molar-refractivity contribution in [2.24, 2.45) is 5.92 Å². The molecule has 0 bridgehead atoms. The minimum atomic E-state index is -0.596. The fourth-order valence-electron chi connectivity index (χ4n) is 3.21. The molecule has 1 atom stereocenters. The van der Waals surface area contributed by atoms with Gasteiger partial charge in [0.25, 0.3) is 5.91 Å².